The normalized spacial score (nSPS) is 13.0. The van der Waals surface area contributed by atoms with Crippen molar-refractivity contribution in [1.82, 2.24) is 0 Å². The van der Waals surface area contributed by atoms with Crippen molar-refractivity contribution in [1.29, 1.82) is 0 Å². The van der Waals surface area contributed by atoms with Crippen LogP contribution in [0.1, 0.15) is 297 Å². The molecule has 0 bridgehead atoms. The molecule has 0 aromatic carbocycles. The summed E-state index contributed by atoms with van der Waals surface area (Å²) in [5, 5.41) is 0. The van der Waals surface area contributed by atoms with Crippen LogP contribution in [0.2, 0.25) is 0 Å². The van der Waals surface area contributed by atoms with E-state index in [0.717, 1.165) is 128 Å². The van der Waals surface area contributed by atoms with Gasteiger partial charge >= 0.3 is 17.9 Å². The fraction of sp³-hybridized carbons (Fsp3) is 0.662. The molecule has 0 N–H and O–H groups in total. The summed E-state index contributed by atoms with van der Waals surface area (Å²) in [6.07, 6.45) is 95.0. The van der Waals surface area contributed by atoms with Crippen LogP contribution in [0.3, 0.4) is 0 Å². The predicted octanol–water partition coefficient (Wildman–Crippen LogP) is 22.9. The standard InChI is InChI=1S/C74H122O6/c1-4-7-10-13-16-18-20-22-24-26-28-30-32-34-36-37-39-40-42-44-46-48-50-52-54-56-58-61-64-67-73(76)79-70-71(69-78-72(75)66-63-60-15-12-9-6-3)80-74(77)68-65-62-59-57-55-53-51-49-47-45-43-41-38-35-33-31-29-27-25-23-21-19-17-14-11-8-5-2/h7-8,10-11,16-19,22-25,28-31,34-36,38-40,71H,4-6,9,12-15,20-21,26-27,32-33,37,41-70H2,1-3H3/b10-7-,11-8-,18-16-,19-17-,24-22-,25-23-,30-28-,31-29-,36-34-,38-35-,40-39-. The molecule has 80 heavy (non-hydrogen) atoms. The molecular formula is C74H122O6. The van der Waals surface area contributed by atoms with Crippen molar-refractivity contribution < 1.29 is 28.6 Å². The van der Waals surface area contributed by atoms with Crippen LogP contribution in [0.25, 0.3) is 0 Å². The highest BCUT2D eigenvalue weighted by atomic mass is 16.6. The van der Waals surface area contributed by atoms with Crippen molar-refractivity contribution in [3.63, 3.8) is 0 Å². The van der Waals surface area contributed by atoms with Crippen LogP contribution in [0.4, 0.5) is 0 Å². The second-order valence-corrected chi connectivity index (χ2v) is 21.6. The zero-order valence-electron chi connectivity index (χ0n) is 52.0. The molecule has 0 aliphatic rings. The minimum Gasteiger partial charge on any atom is -0.462 e. The zero-order chi connectivity index (χ0) is 57.8. The van der Waals surface area contributed by atoms with Gasteiger partial charge in [-0.1, -0.05) is 296 Å². The molecule has 6 heteroatoms. The molecule has 0 saturated heterocycles. The minimum absolute atomic E-state index is 0.0819. The molecular weight excluding hydrogens is 985 g/mol. The van der Waals surface area contributed by atoms with Crippen LogP contribution in [-0.4, -0.2) is 37.2 Å². The first-order valence-corrected chi connectivity index (χ1v) is 33.2. The van der Waals surface area contributed by atoms with E-state index in [1.165, 1.54) is 128 Å². The molecule has 0 radical (unpaired) electrons. The highest BCUT2D eigenvalue weighted by Crippen LogP contribution is 2.16. The van der Waals surface area contributed by atoms with Gasteiger partial charge in [-0.3, -0.25) is 14.4 Å². The Bertz CT molecular complexity index is 1700. The third kappa shape index (κ3) is 64.4. The van der Waals surface area contributed by atoms with Crippen LogP contribution < -0.4 is 0 Å². The van der Waals surface area contributed by atoms with Gasteiger partial charge in [0.25, 0.3) is 0 Å². The lowest BCUT2D eigenvalue weighted by molar-refractivity contribution is -0.167. The third-order valence-electron chi connectivity index (χ3n) is 13.9. The summed E-state index contributed by atoms with van der Waals surface area (Å²) in [5.41, 5.74) is 0. The summed E-state index contributed by atoms with van der Waals surface area (Å²) in [6, 6.07) is 0. The fourth-order valence-corrected chi connectivity index (χ4v) is 9.00. The molecule has 0 aliphatic heterocycles. The minimum atomic E-state index is -0.783. The number of hydrogen-bond donors (Lipinski definition) is 0. The Labute approximate surface area is 494 Å². The van der Waals surface area contributed by atoms with Gasteiger partial charge in [0.2, 0.25) is 0 Å². The zero-order valence-corrected chi connectivity index (χ0v) is 52.0. The van der Waals surface area contributed by atoms with Crippen molar-refractivity contribution in [3.05, 3.63) is 134 Å². The van der Waals surface area contributed by atoms with E-state index >= 15 is 0 Å². The molecule has 0 aromatic rings. The maximum Gasteiger partial charge on any atom is 0.306 e. The molecule has 0 fully saturated rings. The van der Waals surface area contributed by atoms with E-state index in [-0.39, 0.29) is 31.1 Å². The van der Waals surface area contributed by atoms with E-state index in [1.807, 2.05) is 0 Å². The van der Waals surface area contributed by atoms with Crippen molar-refractivity contribution >= 4 is 17.9 Å². The van der Waals surface area contributed by atoms with Crippen molar-refractivity contribution in [2.45, 2.75) is 303 Å². The van der Waals surface area contributed by atoms with Crippen LogP contribution in [0.15, 0.2) is 134 Å². The highest BCUT2D eigenvalue weighted by molar-refractivity contribution is 5.71. The Balaban J connectivity index is 4.11. The number of hydrogen-bond acceptors (Lipinski definition) is 6. The number of allylic oxidation sites excluding steroid dienone is 22. The third-order valence-corrected chi connectivity index (χ3v) is 13.9. The Morgan fingerprint density at radius 2 is 0.487 bits per heavy atom. The second-order valence-electron chi connectivity index (χ2n) is 21.6. The predicted molar refractivity (Wildman–Crippen MR) is 348 cm³/mol. The molecule has 0 saturated carbocycles. The maximum atomic E-state index is 12.9. The summed E-state index contributed by atoms with van der Waals surface area (Å²) >= 11 is 0. The van der Waals surface area contributed by atoms with E-state index in [4.69, 9.17) is 14.2 Å². The number of ether oxygens (including phenoxy) is 3. The molecule has 1 unspecified atom stereocenters. The van der Waals surface area contributed by atoms with Crippen molar-refractivity contribution in [3.8, 4) is 0 Å². The van der Waals surface area contributed by atoms with Gasteiger partial charge in [-0.05, 0) is 116 Å². The van der Waals surface area contributed by atoms with Crippen LogP contribution >= 0.6 is 0 Å². The molecule has 0 spiro atoms. The first-order chi connectivity index (χ1) is 39.5. The summed E-state index contributed by atoms with van der Waals surface area (Å²) in [5.74, 6) is -0.895. The summed E-state index contributed by atoms with van der Waals surface area (Å²) in [4.78, 5) is 38.1. The van der Waals surface area contributed by atoms with Gasteiger partial charge in [0.1, 0.15) is 13.2 Å². The lowest BCUT2D eigenvalue weighted by Crippen LogP contribution is -2.30. The topological polar surface area (TPSA) is 78.9 Å². The van der Waals surface area contributed by atoms with Gasteiger partial charge in [-0.15, -0.1) is 0 Å². The van der Waals surface area contributed by atoms with Gasteiger partial charge < -0.3 is 14.2 Å². The molecule has 6 nitrogen and oxygen atoms in total. The average molecular weight is 1110 g/mol. The number of carbonyl (C=O) groups excluding carboxylic acids is 3. The van der Waals surface area contributed by atoms with Gasteiger partial charge in [0, 0.05) is 19.3 Å². The van der Waals surface area contributed by atoms with Gasteiger partial charge in [-0.25, -0.2) is 0 Å². The molecule has 0 amide bonds. The highest BCUT2D eigenvalue weighted by Gasteiger charge is 2.19. The molecule has 0 heterocycles. The SMILES string of the molecule is CC/C=C\C/C=C\C/C=C\C/C=C\C/C=C\C/C=C\CCCCCCCCCCCCC(=O)OCC(COC(=O)CCCCCCCC)OC(=O)CCCCCCCCCCCCC/C=C\C/C=C\C/C=C\C/C=C\C/C=C\CC. The molecule has 0 aliphatic carbocycles. The summed E-state index contributed by atoms with van der Waals surface area (Å²) in [6.45, 7) is 6.36. The van der Waals surface area contributed by atoms with Gasteiger partial charge in [0.05, 0.1) is 0 Å². The van der Waals surface area contributed by atoms with Crippen LogP contribution in [0.5, 0.6) is 0 Å². The van der Waals surface area contributed by atoms with E-state index < -0.39 is 6.10 Å². The molecule has 0 aromatic heterocycles. The van der Waals surface area contributed by atoms with Crippen LogP contribution in [-0.2, 0) is 28.6 Å². The van der Waals surface area contributed by atoms with Crippen molar-refractivity contribution in [2.75, 3.05) is 13.2 Å². The Hall–Kier alpha value is -4.45. The summed E-state index contributed by atoms with van der Waals surface area (Å²) in [7, 11) is 0. The number of carbonyl (C=O) groups is 3. The Kier molecular flexibility index (Phi) is 63.3. The Morgan fingerprint density at radius 1 is 0.263 bits per heavy atom. The molecule has 1 atom stereocenters. The van der Waals surface area contributed by atoms with E-state index in [9.17, 15) is 14.4 Å². The largest absolute Gasteiger partial charge is 0.462 e. The number of unbranched alkanes of at least 4 members (excludes halogenated alkanes) is 26. The van der Waals surface area contributed by atoms with E-state index in [1.54, 1.807) is 0 Å². The smallest absolute Gasteiger partial charge is 0.306 e. The van der Waals surface area contributed by atoms with E-state index in [2.05, 4.69) is 154 Å². The monoisotopic (exact) mass is 1110 g/mol. The first-order valence-electron chi connectivity index (χ1n) is 33.2. The quantitative estimate of drug-likeness (QED) is 0.0261. The van der Waals surface area contributed by atoms with E-state index in [0.29, 0.717) is 19.3 Å². The maximum absolute atomic E-state index is 12.9. The number of rotatable bonds is 59. The first kappa shape index (κ1) is 75.5. The van der Waals surface area contributed by atoms with Gasteiger partial charge in [-0.2, -0.15) is 0 Å². The fourth-order valence-electron chi connectivity index (χ4n) is 9.00. The Morgan fingerprint density at radius 3 is 0.762 bits per heavy atom. The average Bonchev–Trinajstić information content (AvgIpc) is 3.46. The lowest BCUT2D eigenvalue weighted by atomic mass is 10.0. The second kappa shape index (κ2) is 67.1. The molecule has 0 rings (SSSR count). The summed E-state index contributed by atoms with van der Waals surface area (Å²) < 4.78 is 16.8. The lowest BCUT2D eigenvalue weighted by Gasteiger charge is -2.18. The van der Waals surface area contributed by atoms with Gasteiger partial charge in [0.15, 0.2) is 6.10 Å². The molecule has 454 valence electrons. The van der Waals surface area contributed by atoms with Crippen LogP contribution in [0, 0.1) is 0 Å². The number of esters is 3. The van der Waals surface area contributed by atoms with Crippen molar-refractivity contribution in [2.24, 2.45) is 0 Å².